The highest BCUT2D eigenvalue weighted by Gasteiger charge is 2.46. The molecule has 0 radical (unpaired) electrons. The highest BCUT2D eigenvalue weighted by Crippen LogP contribution is 2.53. The van der Waals surface area contributed by atoms with Crippen LogP contribution in [0.2, 0.25) is 0 Å². The Bertz CT molecular complexity index is 811. The molecule has 0 spiro atoms. The van der Waals surface area contributed by atoms with E-state index < -0.39 is 0 Å². The van der Waals surface area contributed by atoms with E-state index in [0.717, 1.165) is 12.2 Å². The molecule has 2 aliphatic carbocycles. The molecule has 2 aromatic carbocycles. The van der Waals surface area contributed by atoms with E-state index >= 15 is 0 Å². The molecule has 0 aliphatic heterocycles. The molecular weight excluding hydrogens is 344 g/mol. The van der Waals surface area contributed by atoms with Gasteiger partial charge in [-0.25, -0.2) is 0 Å². The third kappa shape index (κ3) is 3.48. The number of benzene rings is 2. The van der Waals surface area contributed by atoms with E-state index in [2.05, 4.69) is 57.2 Å². The van der Waals surface area contributed by atoms with E-state index in [1.54, 1.807) is 0 Å². The number of fused-ring (bicyclic) bond motifs is 3. The molecule has 3 atom stereocenters. The summed E-state index contributed by atoms with van der Waals surface area (Å²) in [5.41, 5.74) is 5.69. The lowest BCUT2D eigenvalue weighted by Gasteiger charge is -2.50. The van der Waals surface area contributed by atoms with Gasteiger partial charge < -0.3 is 9.84 Å². The van der Waals surface area contributed by atoms with Gasteiger partial charge in [-0.3, -0.25) is 0 Å². The summed E-state index contributed by atoms with van der Waals surface area (Å²) in [7, 11) is 0. The highest BCUT2D eigenvalue weighted by atomic mass is 16.5. The van der Waals surface area contributed by atoms with Crippen LogP contribution >= 0.6 is 0 Å². The van der Waals surface area contributed by atoms with E-state index in [9.17, 15) is 5.11 Å². The van der Waals surface area contributed by atoms with Gasteiger partial charge in [-0.15, -0.1) is 0 Å². The molecule has 0 bridgehead atoms. The Morgan fingerprint density at radius 2 is 1.93 bits per heavy atom. The molecule has 0 amide bonds. The van der Waals surface area contributed by atoms with Gasteiger partial charge in [-0.1, -0.05) is 63.6 Å². The SMILES string of the molecule is CC(C)c1cc2c(cc1OCc1ccccc1)[C@@]1(C)CCC[C@H](CO)[C@@H]1CC2. The fourth-order valence-corrected chi connectivity index (χ4v) is 5.75. The first-order chi connectivity index (χ1) is 13.5. The van der Waals surface area contributed by atoms with Crippen LogP contribution in [0.5, 0.6) is 5.75 Å². The van der Waals surface area contributed by atoms with Gasteiger partial charge in [0.25, 0.3) is 0 Å². The summed E-state index contributed by atoms with van der Waals surface area (Å²) in [6, 6.07) is 15.2. The maximum Gasteiger partial charge on any atom is 0.123 e. The van der Waals surface area contributed by atoms with E-state index in [4.69, 9.17) is 4.74 Å². The van der Waals surface area contributed by atoms with E-state index in [1.165, 1.54) is 47.9 Å². The highest BCUT2D eigenvalue weighted by molar-refractivity contribution is 5.49. The van der Waals surface area contributed by atoms with Crippen LogP contribution in [0.15, 0.2) is 42.5 Å². The van der Waals surface area contributed by atoms with Crippen LogP contribution in [0, 0.1) is 11.8 Å². The third-order valence-corrected chi connectivity index (χ3v) is 7.33. The number of hydrogen-bond acceptors (Lipinski definition) is 2. The molecule has 28 heavy (non-hydrogen) atoms. The quantitative estimate of drug-likeness (QED) is 0.691. The first-order valence-electron chi connectivity index (χ1n) is 11.0. The number of aliphatic hydroxyl groups is 1. The minimum absolute atomic E-state index is 0.166. The van der Waals surface area contributed by atoms with Crippen LogP contribution in [0.3, 0.4) is 0 Å². The second kappa shape index (κ2) is 7.91. The minimum Gasteiger partial charge on any atom is -0.489 e. The van der Waals surface area contributed by atoms with Crippen molar-refractivity contribution in [3.05, 3.63) is 64.7 Å². The van der Waals surface area contributed by atoms with E-state index in [1.807, 2.05) is 6.07 Å². The predicted molar refractivity (Wildman–Crippen MR) is 115 cm³/mol. The van der Waals surface area contributed by atoms with Crippen LogP contribution < -0.4 is 4.74 Å². The standard InChI is InChI=1S/C26H34O2/c1-18(2)22-14-20-11-12-23-21(16-27)10-7-13-26(23,3)24(20)15-25(22)28-17-19-8-5-4-6-9-19/h4-6,8-9,14-15,18,21,23,27H,7,10-13,16-17H2,1-3H3/t21-,23+,26+/m1/s1. The van der Waals surface area contributed by atoms with Crippen molar-refractivity contribution in [2.75, 3.05) is 6.61 Å². The zero-order valence-corrected chi connectivity index (χ0v) is 17.6. The lowest BCUT2D eigenvalue weighted by Crippen LogP contribution is -2.45. The minimum atomic E-state index is 0.166. The Hall–Kier alpha value is -1.80. The van der Waals surface area contributed by atoms with Crippen molar-refractivity contribution in [1.82, 2.24) is 0 Å². The number of rotatable bonds is 5. The lowest BCUT2D eigenvalue weighted by atomic mass is 9.55. The van der Waals surface area contributed by atoms with Gasteiger partial charge in [0.2, 0.25) is 0 Å². The van der Waals surface area contributed by atoms with Crippen molar-refractivity contribution in [3.63, 3.8) is 0 Å². The summed E-state index contributed by atoms with van der Waals surface area (Å²) < 4.78 is 6.38. The van der Waals surface area contributed by atoms with Gasteiger partial charge in [-0.2, -0.15) is 0 Å². The van der Waals surface area contributed by atoms with Crippen LogP contribution in [0.4, 0.5) is 0 Å². The molecule has 150 valence electrons. The van der Waals surface area contributed by atoms with Gasteiger partial charge in [0.15, 0.2) is 0 Å². The molecule has 1 N–H and O–H groups in total. The summed E-state index contributed by atoms with van der Waals surface area (Å²) in [6.07, 6.45) is 5.94. The fraction of sp³-hybridized carbons (Fsp3) is 0.538. The van der Waals surface area contributed by atoms with Gasteiger partial charge in [0.05, 0.1) is 0 Å². The fourth-order valence-electron chi connectivity index (χ4n) is 5.75. The summed E-state index contributed by atoms with van der Waals surface area (Å²) in [6.45, 7) is 7.89. The predicted octanol–water partition coefficient (Wildman–Crippen LogP) is 6.00. The van der Waals surface area contributed by atoms with Crippen molar-refractivity contribution >= 4 is 0 Å². The molecule has 0 heterocycles. The third-order valence-electron chi connectivity index (χ3n) is 7.33. The van der Waals surface area contributed by atoms with E-state index in [-0.39, 0.29) is 5.41 Å². The van der Waals surface area contributed by atoms with Crippen molar-refractivity contribution in [2.24, 2.45) is 11.8 Å². The number of aryl methyl sites for hydroxylation is 1. The van der Waals surface area contributed by atoms with Crippen molar-refractivity contribution in [3.8, 4) is 5.75 Å². The van der Waals surface area contributed by atoms with Crippen molar-refractivity contribution in [2.45, 2.75) is 70.8 Å². The van der Waals surface area contributed by atoms with Crippen LogP contribution in [0.25, 0.3) is 0 Å². The van der Waals surface area contributed by atoms with Crippen molar-refractivity contribution in [1.29, 1.82) is 0 Å². The van der Waals surface area contributed by atoms with E-state index in [0.29, 0.717) is 31.0 Å². The first-order valence-corrected chi connectivity index (χ1v) is 11.0. The van der Waals surface area contributed by atoms with Crippen LogP contribution in [-0.2, 0) is 18.4 Å². The van der Waals surface area contributed by atoms with Gasteiger partial charge >= 0.3 is 0 Å². The molecular formula is C26H34O2. The largest absolute Gasteiger partial charge is 0.489 e. The molecule has 1 saturated carbocycles. The smallest absolute Gasteiger partial charge is 0.123 e. The Morgan fingerprint density at radius 3 is 2.64 bits per heavy atom. The molecule has 1 fully saturated rings. The summed E-state index contributed by atoms with van der Waals surface area (Å²) in [4.78, 5) is 0. The number of hydrogen-bond donors (Lipinski definition) is 1. The molecule has 0 unspecified atom stereocenters. The van der Waals surface area contributed by atoms with Gasteiger partial charge in [0, 0.05) is 6.61 Å². The van der Waals surface area contributed by atoms with Gasteiger partial charge in [0.1, 0.15) is 12.4 Å². The number of aliphatic hydroxyl groups excluding tert-OH is 1. The first kappa shape index (κ1) is 19.5. The Balaban J connectivity index is 1.71. The summed E-state index contributed by atoms with van der Waals surface area (Å²) >= 11 is 0. The summed E-state index contributed by atoms with van der Waals surface area (Å²) in [5.74, 6) is 2.53. The van der Waals surface area contributed by atoms with Crippen LogP contribution in [0.1, 0.15) is 74.6 Å². The normalized spacial score (nSPS) is 26.6. The number of ether oxygens (including phenoxy) is 1. The zero-order chi connectivity index (χ0) is 19.7. The molecule has 2 aliphatic rings. The van der Waals surface area contributed by atoms with Crippen LogP contribution in [-0.4, -0.2) is 11.7 Å². The molecule has 0 saturated heterocycles. The summed E-state index contributed by atoms with van der Waals surface area (Å²) in [5, 5.41) is 9.95. The molecule has 2 aromatic rings. The maximum absolute atomic E-state index is 9.95. The second-order valence-corrected chi connectivity index (χ2v) is 9.37. The average Bonchev–Trinajstić information content (AvgIpc) is 2.71. The average molecular weight is 379 g/mol. The van der Waals surface area contributed by atoms with Crippen molar-refractivity contribution < 1.29 is 9.84 Å². The maximum atomic E-state index is 9.95. The van der Waals surface area contributed by atoms with Gasteiger partial charge in [-0.05, 0) is 77.2 Å². The zero-order valence-electron chi connectivity index (χ0n) is 17.6. The topological polar surface area (TPSA) is 29.5 Å². The Labute approximate surface area is 169 Å². The Kier molecular flexibility index (Phi) is 5.51. The molecule has 4 rings (SSSR count). The molecule has 2 heteroatoms. The molecule has 0 aromatic heterocycles. The molecule has 2 nitrogen and oxygen atoms in total. The Morgan fingerprint density at radius 1 is 1.14 bits per heavy atom. The monoisotopic (exact) mass is 378 g/mol. The lowest BCUT2D eigenvalue weighted by molar-refractivity contribution is 0.0606. The second-order valence-electron chi connectivity index (χ2n) is 9.37.